The zero-order chi connectivity index (χ0) is 25.9. The number of halogens is 2. The van der Waals surface area contributed by atoms with Gasteiger partial charge in [-0.2, -0.15) is 0 Å². The normalized spacial score (nSPS) is 11.5. The van der Waals surface area contributed by atoms with Gasteiger partial charge in [0.15, 0.2) is 5.82 Å². The summed E-state index contributed by atoms with van der Waals surface area (Å²) in [5.41, 5.74) is 5.43. The van der Waals surface area contributed by atoms with Gasteiger partial charge < -0.3 is 10.2 Å². The van der Waals surface area contributed by atoms with Crippen molar-refractivity contribution in [1.82, 2.24) is 14.9 Å². The first-order valence-electron chi connectivity index (χ1n) is 12.5. The largest absolute Gasteiger partial charge is 0.369 e. The van der Waals surface area contributed by atoms with Crippen LogP contribution in [0.5, 0.6) is 0 Å². The van der Waals surface area contributed by atoms with Crippen LogP contribution in [0, 0.1) is 6.92 Å². The Bertz CT molecular complexity index is 1570. The Kier molecular flexibility index (Phi) is 7.61. The zero-order valence-corrected chi connectivity index (χ0v) is 22.9. The predicted molar refractivity (Wildman–Crippen MR) is 158 cm³/mol. The Hall–Kier alpha value is -3.18. The molecule has 1 N–H and O–H groups in total. The van der Waals surface area contributed by atoms with Gasteiger partial charge in [-0.1, -0.05) is 65.7 Å². The van der Waals surface area contributed by atoms with Crippen molar-refractivity contribution in [2.75, 3.05) is 32.5 Å². The van der Waals surface area contributed by atoms with Crippen molar-refractivity contribution in [3.63, 3.8) is 0 Å². The number of benzene rings is 4. The molecular weight excluding hydrogens is 499 g/mol. The monoisotopic (exact) mass is 528 g/mol. The highest BCUT2D eigenvalue weighted by Gasteiger charge is 2.15. The van der Waals surface area contributed by atoms with Crippen LogP contribution in [0.2, 0.25) is 10.0 Å². The highest BCUT2D eigenvalue weighted by molar-refractivity contribution is 6.42. The molecule has 1 aromatic heterocycles. The number of hydrogen-bond donors (Lipinski definition) is 1. The lowest BCUT2D eigenvalue weighted by Crippen LogP contribution is -2.17. The van der Waals surface area contributed by atoms with E-state index in [4.69, 9.17) is 33.2 Å². The molecule has 5 aromatic rings. The van der Waals surface area contributed by atoms with Crippen molar-refractivity contribution in [3.8, 4) is 11.4 Å². The van der Waals surface area contributed by atoms with E-state index in [0.29, 0.717) is 15.9 Å². The average Bonchev–Trinajstić information content (AvgIpc) is 2.88. The van der Waals surface area contributed by atoms with Gasteiger partial charge in [-0.25, -0.2) is 9.97 Å². The van der Waals surface area contributed by atoms with Crippen LogP contribution < -0.4 is 5.32 Å². The summed E-state index contributed by atoms with van der Waals surface area (Å²) in [4.78, 5) is 12.3. The fraction of sp³-hybridized carbons (Fsp3) is 0.226. The summed E-state index contributed by atoms with van der Waals surface area (Å²) >= 11 is 12.9. The van der Waals surface area contributed by atoms with Crippen LogP contribution in [0.1, 0.15) is 23.1 Å². The molecule has 0 radical (unpaired) electrons. The summed E-state index contributed by atoms with van der Waals surface area (Å²) in [5.74, 6) is 1.56. The lowest BCUT2D eigenvalue weighted by Gasteiger charge is -2.15. The SMILES string of the molecule is Cc1cccc2c(NCCCN(C)C)nc(-c3cc(Cc4ccccc4)c4cc(Cl)c(Cl)cc4c3)nc12. The van der Waals surface area contributed by atoms with Crippen LogP contribution in [-0.4, -0.2) is 42.1 Å². The van der Waals surface area contributed by atoms with E-state index < -0.39 is 0 Å². The molecular formula is C31H30Cl2N4. The number of nitrogens with zero attached hydrogens (tertiary/aromatic N) is 3. The topological polar surface area (TPSA) is 41.0 Å². The number of aryl methyl sites for hydroxylation is 1. The maximum atomic E-state index is 6.44. The third-order valence-corrected chi connectivity index (χ3v) is 7.30. The highest BCUT2D eigenvalue weighted by Crippen LogP contribution is 2.35. The minimum Gasteiger partial charge on any atom is -0.369 e. The second-order valence-electron chi connectivity index (χ2n) is 9.74. The van der Waals surface area contributed by atoms with Gasteiger partial charge in [-0.3, -0.25) is 0 Å². The Morgan fingerprint density at radius 2 is 1.62 bits per heavy atom. The summed E-state index contributed by atoms with van der Waals surface area (Å²) in [6, 6.07) is 24.9. The number of rotatable bonds is 8. The number of nitrogens with one attached hydrogen (secondary N) is 1. The molecule has 0 atom stereocenters. The molecule has 0 unspecified atom stereocenters. The van der Waals surface area contributed by atoms with E-state index >= 15 is 0 Å². The minimum absolute atomic E-state index is 0.537. The highest BCUT2D eigenvalue weighted by atomic mass is 35.5. The molecule has 4 nitrogen and oxygen atoms in total. The van der Waals surface area contributed by atoms with Gasteiger partial charge in [0, 0.05) is 17.5 Å². The molecule has 0 saturated carbocycles. The maximum absolute atomic E-state index is 6.44. The molecule has 6 heteroatoms. The number of hydrogen-bond acceptors (Lipinski definition) is 4. The molecule has 0 spiro atoms. The minimum atomic E-state index is 0.537. The summed E-state index contributed by atoms with van der Waals surface area (Å²) < 4.78 is 0. The second-order valence-corrected chi connectivity index (χ2v) is 10.6. The molecule has 0 amide bonds. The molecule has 37 heavy (non-hydrogen) atoms. The summed E-state index contributed by atoms with van der Waals surface area (Å²) in [6.07, 6.45) is 1.79. The van der Waals surface area contributed by atoms with E-state index in [0.717, 1.165) is 70.1 Å². The Labute approximate surface area is 228 Å². The van der Waals surface area contributed by atoms with Gasteiger partial charge >= 0.3 is 0 Å². The van der Waals surface area contributed by atoms with Crippen LogP contribution in [0.4, 0.5) is 5.82 Å². The van der Waals surface area contributed by atoms with Crippen molar-refractivity contribution < 1.29 is 0 Å². The van der Waals surface area contributed by atoms with Crippen molar-refractivity contribution in [1.29, 1.82) is 0 Å². The van der Waals surface area contributed by atoms with Crippen molar-refractivity contribution in [3.05, 3.63) is 99.5 Å². The molecule has 188 valence electrons. The Morgan fingerprint density at radius 3 is 2.41 bits per heavy atom. The molecule has 0 bridgehead atoms. The quantitative estimate of drug-likeness (QED) is 0.207. The van der Waals surface area contributed by atoms with Crippen molar-refractivity contribution in [2.45, 2.75) is 19.8 Å². The Morgan fingerprint density at radius 1 is 0.838 bits per heavy atom. The summed E-state index contributed by atoms with van der Waals surface area (Å²) in [7, 11) is 4.18. The molecule has 4 aromatic carbocycles. The van der Waals surface area contributed by atoms with Crippen LogP contribution in [0.15, 0.2) is 72.8 Å². The number of anilines is 1. The van der Waals surface area contributed by atoms with Gasteiger partial charge in [-0.15, -0.1) is 0 Å². The Balaban J connectivity index is 1.64. The molecule has 5 rings (SSSR count). The molecule has 0 saturated heterocycles. The van der Waals surface area contributed by atoms with Gasteiger partial charge in [-0.05, 0) is 98.2 Å². The third-order valence-electron chi connectivity index (χ3n) is 6.58. The van der Waals surface area contributed by atoms with Gasteiger partial charge in [0.25, 0.3) is 0 Å². The number of para-hydroxylation sites is 1. The first kappa shape index (κ1) is 25.5. The molecule has 1 heterocycles. The lowest BCUT2D eigenvalue weighted by atomic mass is 9.95. The third kappa shape index (κ3) is 5.72. The lowest BCUT2D eigenvalue weighted by molar-refractivity contribution is 0.405. The first-order valence-corrected chi connectivity index (χ1v) is 13.3. The average molecular weight is 530 g/mol. The summed E-state index contributed by atoms with van der Waals surface area (Å²) in [6.45, 7) is 3.94. The fourth-order valence-corrected chi connectivity index (χ4v) is 5.02. The van der Waals surface area contributed by atoms with Gasteiger partial charge in [0.05, 0.1) is 15.6 Å². The zero-order valence-electron chi connectivity index (χ0n) is 21.4. The van der Waals surface area contributed by atoms with E-state index in [1.807, 2.05) is 18.2 Å². The van der Waals surface area contributed by atoms with Crippen LogP contribution in [0.3, 0.4) is 0 Å². The van der Waals surface area contributed by atoms with Crippen molar-refractivity contribution in [2.24, 2.45) is 0 Å². The van der Waals surface area contributed by atoms with Crippen LogP contribution in [-0.2, 0) is 6.42 Å². The van der Waals surface area contributed by atoms with E-state index in [1.54, 1.807) is 0 Å². The van der Waals surface area contributed by atoms with Crippen LogP contribution in [0.25, 0.3) is 33.1 Å². The van der Waals surface area contributed by atoms with E-state index in [9.17, 15) is 0 Å². The number of aromatic nitrogens is 2. The predicted octanol–water partition coefficient (Wildman–Crippen LogP) is 8.02. The first-order chi connectivity index (χ1) is 17.9. The van der Waals surface area contributed by atoms with Crippen molar-refractivity contribution >= 4 is 50.7 Å². The van der Waals surface area contributed by atoms with Crippen LogP contribution >= 0.6 is 23.2 Å². The maximum Gasteiger partial charge on any atom is 0.162 e. The smallest absolute Gasteiger partial charge is 0.162 e. The molecule has 0 aliphatic carbocycles. The fourth-order valence-electron chi connectivity index (χ4n) is 4.69. The second kappa shape index (κ2) is 11.1. The standard InChI is InChI=1S/C31H30Cl2N4/c1-20-9-7-12-25-29(20)35-30(36-31(25)34-13-8-14-37(2)3)24-16-22(15-21-10-5-4-6-11-21)26-19-28(33)27(32)18-23(26)17-24/h4-7,9-12,16-19H,8,13-15H2,1-3H3,(H,34,35,36). The van der Waals surface area contributed by atoms with Gasteiger partial charge in [0.2, 0.25) is 0 Å². The summed E-state index contributed by atoms with van der Waals surface area (Å²) in [5, 5.41) is 7.80. The molecule has 0 aliphatic rings. The molecule has 0 fully saturated rings. The van der Waals surface area contributed by atoms with E-state index in [-0.39, 0.29) is 0 Å². The van der Waals surface area contributed by atoms with Gasteiger partial charge in [0.1, 0.15) is 5.82 Å². The number of fused-ring (bicyclic) bond motifs is 2. The van der Waals surface area contributed by atoms with E-state index in [1.165, 1.54) is 5.56 Å². The van der Waals surface area contributed by atoms with E-state index in [2.05, 4.69) is 85.8 Å². The molecule has 0 aliphatic heterocycles.